The highest BCUT2D eigenvalue weighted by Gasteiger charge is 2.21. The number of likely N-dealkylation sites (N-methyl/N-ethyl adjacent to an activating group) is 1. The Morgan fingerprint density at radius 2 is 1.81 bits per heavy atom. The lowest BCUT2D eigenvalue weighted by molar-refractivity contribution is -0.131. The van der Waals surface area contributed by atoms with Crippen molar-refractivity contribution >= 4 is 28.0 Å². The average molecular weight is 380 g/mol. The molecule has 1 fully saturated rings. The highest BCUT2D eigenvalue weighted by atomic mass is 32.1. The molecule has 3 aromatic rings. The van der Waals surface area contributed by atoms with Crippen molar-refractivity contribution in [3.8, 4) is 0 Å². The Hall–Kier alpha value is -2.24. The van der Waals surface area contributed by atoms with E-state index in [9.17, 15) is 4.79 Å². The summed E-state index contributed by atoms with van der Waals surface area (Å²) in [5.74, 6) is 0.228. The molecule has 0 spiro atoms. The van der Waals surface area contributed by atoms with Gasteiger partial charge in [-0.05, 0) is 30.3 Å². The molecule has 0 bridgehead atoms. The van der Waals surface area contributed by atoms with E-state index in [1.165, 1.54) is 16.3 Å². The van der Waals surface area contributed by atoms with Gasteiger partial charge in [0.2, 0.25) is 5.91 Å². The molecule has 0 unspecified atom stereocenters. The number of aromatic nitrogens is 1. The van der Waals surface area contributed by atoms with Gasteiger partial charge in [-0.15, -0.1) is 11.3 Å². The summed E-state index contributed by atoms with van der Waals surface area (Å²) in [6.07, 6.45) is 1.29. The lowest BCUT2D eigenvalue weighted by Gasteiger charge is -2.32. The molecule has 1 aliphatic rings. The van der Waals surface area contributed by atoms with Crippen LogP contribution in [0.3, 0.4) is 0 Å². The number of piperazine rings is 1. The van der Waals surface area contributed by atoms with Crippen molar-refractivity contribution in [1.29, 1.82) is 0 Å². The SMILES string of the molecule is Cc1nc(Cc2cccc3ccccc23)sc1CC(=O)N1CCN(C)CC1. The van der Waals surface area contributed by atoms with Gasteiger partial charge in [-0.1, -0.05) is 42.5 Å². The monoisotopic (exact) mass is 379 g/mol. The second-order valence-electron chi connectivity index (χ2n) is 7.29. The Kier molecular flexibility index (Phi) is 5.23. The van der Waals surface area contributed by atoms with Crippen LogP contribution in [-0.2, 0) is 17.6 Å². The van der Waals surface area contributed by atoms with Gasteiger partial charge >= 0.3 is 0 Å². The molecule has 0 radical (unpaired) electrons. The average Bonchev–Trinajstić information content (AvgIpc) is 3.01. The topological polar surface area (TPSA) is 36.4 Å². The number of aryl methyl sites for hydroxylation is 1. The zero-order chi connectivity index (χ0) is 18.8. The predicted molar refractivity (Wildman–Crippen MR) is 111 cm³/mol. The minimum atomic E-state index is 0.228. The van der Waals surface area contributed by atoms with E-state index in [0.717, 1.165) is 48.2 Å². The van der Waals surface area contributed by atoms with Crippen molar-refractivity contribution in [2.45, 2.75) is 19.8 Å². The highest BCUT2D eigenvalue weighted by molar-refractivity contribution is 7.11. The molecule has 4 rings (SSSR count). The molecule has 1 aliphatic heterocycles. The molecule has 1 saturated heterocycles. The standard InChI is InChI=1S/C22H25N3OS/c1-16-20(15-22(26)25-12-10-24(2)11-13-25)27-21(23-16)14-18-8-5-7-17-6-3-4-9-19(17)18/h3-9H,10-15H2,1-2H3. The van der Waals surface area contributed by atoms with E-state index in [4.69, 9.17) is 4.98 Å². The minimum Gasteiger partial charge on any atom is -0.340 e. The first kappa shape index (κ1) is 18.1. The molecule has 0 aliphatic carbocycles. The Morgan fingerprint density at radius 1 is 1.07 bits per heavy atom. The van der Waals surface area contributed by atoms with Gasteiger partial charge in [-0.2, -0.15) is 0 Å². The van der Waals surface area contributed by atoms with Gasteiger partial charge in [0.1, 0.15) is 0 Å². The molecule has 1 aromatic heterocycles. The maximum atomic E-state index is 12.7. The Bertz CT molecular complexity index is 952. The number of rotatable bonds is 4. The van der Waals surface area contributed by atoms with E-state index < -0.39 is 0 Å². The third-order valence-electron chi connectivity index (χ3n) is 5.33. The first-order valence-corrected chi connectivity index (χ1v) is 10.3. The number of carbonyl (C=O) groups excluding carboxylic acids is 1. The van der Waals surface area contributed by atoms with Gasteiger partial charge in [0.05, 0.1) is 17.1 Å². The molecule has 2 aromatic carbocycles. The van der Waals surface area contributed by atoms with E-state index in [1.807, 2.05) is 11.8 Å². The molecule has 1 amide bonds. The number of fused-ring (bicyclic) bond motifs is 1. The fourth-order valence-corrected chi connectivity index (χ4v) is 4.73. The number of benzene rings is 2. The lowest BCUT2D eigenvalue weighted by atomic mass is 10.0. The van der Waals surface area contributed by atoms with Gasteiger partial charge in [-0.25, -0.2) is 4.98 Å². The Balaban J connectivity index is 1.49. The summed E-state index contributed by atoms with van der Waals surface area (Å²) >= 11 is 1.69. The van der Waals surface area contributed by atoms with Crippen LogP contribution in [0.4, 0.5) is 0 Å². The first-order chi connectivity index (χ1) is 13.1. The van der Waals surface area contributed by atoms with Crippen molar-refractivity contribution < 1.29 is 4.79 Å². The number of nitrogens with zero attached hydrogens (tertiary/aromatic N) is 3. The van der Waals surface area contributed by atoms with Crippen LogP contribution in [0.5, 0.6) is 0 Å². The number of thiazole rings is 1. The Morgan fingerprint density at radius 3 is 2.63 bits per heavy atom. The van der Waals surface area contributed by atoms with Crippen molar-refractivity contribution in [1.82, 2.24) is 14.8 Å². The number of hydrogen-bond acceptors (Lipinski definition) is 4. The van der Waals surface area contributed by atoms with Gasteiger partial charge in [-0.3, -0.25) is 4.79 Å². The van der Waals surface area contributed by atoms with Crippen LogP contribution in [0.2, 0.25) is 0 Å². The number of carbonyl (C=O) groups is 1. The molecule has 5 heteroatoms. The maximum absolute atomic E-state index is 12.7. The van der Waals surface area contributed by atoms with Gasteiger partial charge in [0, 0.05) is 37.5 Å². The fraction of sp³-hybridized carbons (Fsp3) is 0.364. The fourth-order valence-electron chi connectivity index (χ4n) is 3.64. The summed E-state index contributed by atoms with van der Waals surface area (Å²) in [6, 6.07) is 14.9. The van der Waals surface area contributed by atoms with Gasteiger partial charge < -0.3 is 9.80 Å². The van der Waals surface area contributed by atoms with E-state index in [2.05, 4.69) is 54.4 Å². The third-order valence-corrected chi connectivity index (χ3v) is 6.48. The van der Waals surface area contributed by atoms with Gasteiger partial charge in [0.25, 0.3) is 0 Å². The summed E-state index contributed by atoms with van der Waals surface area (Å²) < 4.78 is 0. The minimum absolute atomic E-state index is 0.228. The normalized spacial score (nSPS) is 15.4. The summed E-state index contributed by atoms with van der Waals surface area (Å²) in [5.41, 5.74) is 2.29. The van der Waals surface area contributed by atoms with Crippen LogP contribution >= 0.6 is 11.3 Å². The zero-order valence-corrected chi connectivity index (χ0v) is 16.8. The van der Waals surface area contributed by atoms with Crippen LogP contribution in [0, 0.1) is 6.92 Å². The van der Waals surface area contributed by atoms with Crippen molar-refractivity contribution in [2.75, 3.05) is 33.2 Å². The van der Waals surface area contributed by atoms with Crippen LogP contribution in [0.25, 0.3) is 10.8 Å². The lowest BCUT2D eigenvalue weighted by Crippen LogP contribution is -2.47. The van der Waals surface area contributed by atoms with Crippen molar-refractivity contribution in [2.24, 2.45) is 0 Å². The second-order valence-corrected chi connectivity index (χ2v) is 8.46. The molecule has 0 atom stereocenters. The summed E-state index contributed by atoms with van der Waals surface area (Å²) in [6.45, 7) is 5.60. The number of hydrogen-bond donors (Lipinski definition) is 0. The summed E-state index contributed by atoms with van der Waals surface area (Å²) in [4.78, 5) is 22.8. The van der Waals surface area contributed by atoms with Crippen LogP contribution in [0.15, 0.2) is 42.5 Å². The second kappa shape index (κ2) is 7.79. The smallest absolute Gasteiger partial charge is 0.227 e. The first-order valence-electron chi connectivity index (χ1n) is 9.48. The van der Waals surface area contributed by atoms with E-state index in [1.54, 1.807) is 11.3 Å². The molecule has 140 valence electrons. The molecule has 0 saturated carbocycles. The quantitative estimate of drug-likeness (QED) is 0.696. The summed E-state index contributed by atoms with van der Waals surface area (Å²) in [7, 11) is 2.11. The van der Waals surface area contributed by atoms with E-state index in [-0.39, 0.29) is 5.91 Å². The maximum Gasteiger partial charge on any atom is 0.227 e. The molecular formula is C22H25N3OS. The summed E-state index contributed by atoms with van der Waals surface area (Å²) in [5, 5.41) is 3.63. The molecule has 2 heterocycles. The van der Waals surface area contributed by atoms with Crippen LogP contribution < -0.4 is 0 Å². The predicted octanol–water partition coefficient (Wildman–Crippen LogP) is 3.51. The largest absolute Gasteiger partial charge is 0.340 e. The molecule has 0 N–H and O–H groups in total. The van der Waals surface area contributed by atoms with Crippen LogP contribution in [-0.4, -0.2) is 53.9 Å². The number of amides is 1. The molecule has 27 heavy (non-hydrogen) atoms. The molecular weight excluding hydrogens is 354 g/mol. The zero-order valence-electron chi connectivity index (χ0n) is 15.9. The van der Waals surface area contributed by atoms with Gasteiger partial charge in [0.15, 0.2) is 0 Å². The molecule has 4 nitrogen and oxygen atoms in total. The highest BCUT2D eigenvalue weighted by Crippen LogP contribution is 2.26. The van der Waals surface area contributed by atoms with E-state index >= 15 is 0 Å². The Labute approximate surface area is 164 Å². The van der Waals surface area contributed by atoms with Crippen molar-refractivity contribution in [3.63, 3.8) is 0 Å². The van der Waals surface area contributed by atoms with Crippen molar-refractivity contribution in [3.05, 3.63) is 63.6 Å². The third kappa shape index (κ3) is 4.04. The van der Waals surface area contributed by atoms with E-state index in [0.29, 0.717) is 6.42 Å². The van der Waals surface area contributed by atoms with Crippen LogP contribution in [0.1, 0.15) is 21.1 Å².